The van der Waals surface area contributed by atoms with Crippen LogP contribution >= 0.6 is 35.3 Å². The molecule has 0 atom stereocenters. The highest BCUT2D eigenvalue weighted by atomic mass is 35.5. The Balaban J connectivity index is 0.00000364. The van der Waals surface area contributed by atoms with Crippen LogP contribution in [0.25, 0.3) is 0 Å². The predicted molar refractivity (Wildman–Crippen MR) is 114 cm³/mol. The number of hydrogen-bond donors (Lipinski definition) is 0. The Kier molecular flexibility index (Phi) is 9.90. The van der Waals surface area contributed by atoms with E-state index in [-0.39, 0.29) is 22.4 Å². The summed E-state index contributed by atoms with van der Waals surface area (Å²) in [5, 5.41) is 0.778. The summed E-state index contributed by atoms with van der Waals surface area (Å²) in [7, 11) is -0.824. The second kappa shape index (κ2) is 11.1. The molecule has 5 nitrogen and oxygen atoms in total. The SMILES string of the molecule is CN(C)S(=O)(=O)CC(=O)c1nc(CCCCCc2ccccc2)sc1Cl.Cl. The highest BCUT2D eigenvalue weighted by Crippen LogP contribution is 2.26. The molecule has 2 aromatic rings. The van der Waals surface area contributed by atoms with Crippen LogP contribution in [0.2, 0.25) is 4.34 Å². The molecule has 0 aliphatic carbocycles. The molecule has 0 saturated heterocycles. The number of halogens is 2. The quantitative estimate of drug-likeness (QED) is 0.400. The molecule has 150 valence electrons. The van der Waals surface area contributed by atoms with E-state index in [1.54, 1.807) is 0 Å². The van der Waals surface area contributed by atoms with E-state index in [4.69, 9.17) is 11.6 Å². The standard InChI is InChI=1S/C18H23ClN2O3S2.ClH/c1-21(2)26(23,24)13-15(22)17-18(19)25-16(20-17)12-8-4-7-11-14-9-5-3-6-10-14;/h3,5-6,9-10H,4,7-8,11-13H2,1-2H3;1H. The van der Waals surface area contributed by atoms with Crippen molar-refractivity contribution in [1.82, 2.24) is 9.29 Å². The van der Waals surface area contributed by atoms with E-state index in [0.717, 1.165) is 41.4 Å². The average molecular weight is 451 g/mol. The second-order valence-electron chi connectivity index (χ2n) is 6.24. The number of nitrogens with zero attached hydrogens (tertiary/aromatic N) is 2. The first kappa shape index (κ1) is 24.0. The smallest absolute Gasteiger partial charge is 0.221 e. The minimum Gasteiger partial charge on any atom is -0.291 e. The van der Waals surface area contributed by atoms with Crippen molar-refractivity contribution in [3.8, 4) is 0 Å². The molecule has 1 heterocycles. The largest absolute Gasteiger partial charge is 0.291 e. The van der Waals surface area contributed by atoms with Crippen molar-refractivity contribution in [1.29, 1.82) is 0 Å². The third-order valence-corrected chi connectivity index (χ3v) is 7.02. The zero-order valence-electron chi connectivity index (χ0n) is 15.4. The first-order valence-corrected chi connectivity index (χ1v) is 11.2. The Morgan fingerprint density at radius 1 is 1.11 bits per heavy atom. The van der Waals surface area contributed by atoms with Crippen molar-refractivity contribution < 1.29 is 13.2 Å². The van der Waals surface area contributed by atoms with Crippen molar-refractivity contribution in [2.75, 3.05) is 19.8 Å². The van der Waals surface area contributed by atoms with Gasteiger partial charge in [0, 0.05) is 14.1 Å². The Labute approximate surface area is 176 Å². The lowest BCUT2D eigenvalue weighted by atomic mass is 10.1. The number of hydrogen-bond acceptors (Lipinski definition) is 5. The third kappa shape index (κ3) is 7.50. The maximum Gasteiger partial charge on any atom is 0.221 e. The topological polar surface area (TPSA) is 67.3 Å². The Morgan fingerprint density at radius 3 is 2.37 bits per heavy atom. The van der Waals surface area contributed by atoms with Crippen LogP contribution in [0.15, 0.2) is 30.3 Å². The van der Waals surface area contributed by atoms with Gasteiger partial charge in [-0.1, -0.05) is 48.4 Å². The lowest BCUT2D eigenvalue weighted by molar-refractivity contribution is 0.101. The minimum absolute atomic E-state index is 0. The van der Waals surface area contributed by atoms with Crippen molar-refractivity contribution in [2.24, 2.45) is 0 Å². The van der Waals surface area contributed by atoms with E-state index in [9.17, 15) is 13.2 Å². The Hall–Kier alpha value is -0.990. The van der Waals surface area contributed by atoms with E-state index in [1.807, 2.05) is 18.2 Å². The maximum atomic E-state index is 12.2. The van der Waals surface area contributed by atoms with Gasteiger partial charge in [-0.2, -0.15) is 0 Å². The van der Waals surface area contributed by atoms with Crippen LogP contribution in [0.5, 0.6) is 0 Å². The van der Waals surface area contributed by atoms with Gasteiger partial charge in [-0.25, -0.2) is 17.7 Å². The number of ketones is 1. The molecule has 0 fully saturated rings. The Morgan fingerprint density at radius 2 is 1.74 bits per heavy atom. The predicted octanol–water partition coefficient (Wildman–Crippen LogP) is 4.25. The van der Waals surface area contributed by atoms with Gasteiger partial charge < -0.3 is 0 Å². The van der Waals surface area contributed by atoms with Gasteiger partial charge in [0.2, 0.25) is 10.0 Å². The number of carbonyl (C=O) groups is 1. The fraction of sp³-hybridized carbons (Fsp3) is 0.444. The molecular formula is C18H24Cl2N2O3S2. The highest BCUT2D eigenvalue weighted by molar-refractivity contribution is 7.89. The molecule has 0 bridgehead atoms. The molecule has 0 radical (unpaired) electrons. The number of benzene rings is 1. The number of aryl methyl sites for hydroxylation is 2. The maximum absolute atomic E-state index is 12.2. The molecule has 0 amide bonds. The van der Waals surface area contributed by atoms with Crippen LogP contribution in [-0.2, 0) is 22.9 Å². The summed E-state index contributed by atoms with van der Waals surface area (Å²) in [4.78, 5) is 16.4. The van der Waals surface area contributed by atoms with E-state index in [2.05, 4.69) is 17.1 Å². The molecule has 0 aliphatic rings. The van der Waals surface area contributed by atoms with E-state index in [0.29, 0.717) is 0 Å². The van der Waals surface area contributed by atoms with Gasteiger partial charge in [-0.05, 0) is 31.2 Å². The molecule has 0 N–H and O–H groups in total. The van der Waals surface area contributed by atoms with Crippen LogP contribution in [0.3, 0.4) is 0 Å². The number of aromatic nitrogens is 1. The van der Waals surface area contributed by atoms with Crippen LogP contribution < -0.4 is 0 Å². The molecule has 0 spiro atoms. The van der Waals surface area contributed by atoms with Crippen molar-refractivity contribution in [3.05, 3.63) is 50.9 Å². The number of carbonyl (C=O) groups excluding carboxylic acids is 1. The summed E-state index contributed by atoms with van der Waals surface area (Å²) in [5.41, 5.74) is 1.40. The van der Waals surface area contributed by atoms with E-state index in [1.165, 1.54) is 31.0 Å². The van der Waals surface area contributed by atoms with Gasteiger partial charge in [0.05, 0.1) is 5.01 Å². The lowest BCUT2D eigenvalue weighted by Crippen LogP contribution is -2.29. The number of Topliss-reactive ketones (excluding diaryl/α,β-unsaturated/α-hetero) is 1. The van der Waals surface area contributed by atoms with Crippen LogP contribution in [0, 0.1) is 0 Å². The zero-order valence-corrected chi connectivity index (χ0v) is 18.6. The number of sulfonamides is 1. The lowest BCUT2D eigenvalue weighted by Gasteiger charge is -2.09. The zero-order chi connectivity index (χ0) is 19.2. The van der Waals surface area contributed by atoms with Gasteiger partial charge in [0.25, 0.3) is 0 Å². The minimum atomic E-state index is -3.61. The number of thiazole rings is 1. The average Bonchev–Trinajstić information content (AvgIpc) is 2.96. The monoisotopic (exact) mass is 450 g/mol. The molecule has 9 heteroatoms. The summed E-state index contributed by atoms with van der Waals surface area (Å²) in [6.07, 6.45) is 4.90. The van der Waals surface area contributed by atoms with Gasteiger partial charge >= 0.3 is 0 Å². The van der Waals surface area contributed by atoms with Crippen molar-refractivity contribution in [3.63, 3.8) is 0 Å². The highest BCUT2D eigenvalue weighted by Gasteiger charge is 2.24. The third-order valence-electron chi connectivity index (χ3n) is 3.96. The first-order chi connectivity index (χ1) is 12.3. The van der Waals surface area contributed by atoms with Crippen molar-refractivity contribution >= 4 is 51.2 Å². The normalized spacial score (nSPS) is 11.4. The van der Waals surface area contributed by atoms with Gasteiger partial charge in [0.1, 0.15) is 15.8 Å². The molecule has 2 rings (SSSR count). The summed E-state index contributed by atoms with van der Waals surface area (Å²) in [6, 6.07) is 10.3. The second-order valence-corrected chi connectivity index (χ2v) is 10.1. The first-order valence-electron chi connectivity index (χ1n) is 8.42. The summed E-state index contributed by atoms with van der Waals surface area (Å²) >= 11 is 7.35. The fourth-order valence-corrected chi connectivity index (χ4v) is 4.40. The van der Waals surface area contributed by atoms with Crippen LogP contribution in [0.1, 0.15) is 40.3 Å². The summed E-state index contributed by atoms with van der Waals surface area (Å²) in [6.45, 7) is 0. The molecule has 1 aromatic carbocycles. The molecule has 0 unspecified atom stereocenters. The van der Waals surface area contributed by atoms with Crippen molar-refractivity contribution in [2.45, 2.75) is 32.1 Å². The fourth-order valence-electron chi connectivity index (χ4n) is 2.41. The number of rotatable bonds is 10. The number of unbranched alkanes of at least 4 members (excludes halogenated alkanes) is 2. The molecule has 0 aliphatic heterocycles. The summed E-state index contributed by atoms with van der Waals surface area (Å²) in [5.74, 6) is -1.17. The summed E-state index contributed by atoms with van der Waals surface area (Å²) < 4.78 is 25.0. The van der Waals surface area contributed by atoms with Crippen LogP contribution in [-0.4, -0.2) is 43.3 Å². The van der Waals surface area contributed by atoms with E-state index < -0.39 is 21.6 Å². The van der Waals surface area contributed by atoms with Gasteiger partial charge in [0.15, 0.2) is 5.78 Å². The molecule has 1 aromatic heterocycles. The molecular weight excluding hydrogens is 427 g/mol. The van der Waals surface area contributed by atoms with Crippen LogP contribution in [0.4, 0.5) is 0 Å². The Bertz CT molecular complexity index is 838. The van der Waals surface area contributed by atoms with E-state index >= 15 is 0 Å². The molecule has 27 heavy (non-hydrogen) atoms. The molecule has 0 saturated carbocycles. The van der Waals surface area contributed by atoms with Gasteiger partial charge in [-0.15, -0.1) is 23.7 Å². The van der Waals surface area contributed by atoms with Gasteiger partial charge in [-0.3, -0.25) is 4.79 Å².